The van der Waals surface area contributed by atoms with Gasteiger partial charge >= 0.3 is 29.8 Å². The smallest absolute Gasteiger partial charge is 0.351 e. The van der Waals surface area contributed by atoms with Crippen LogP contribution in [0.25, 0.3) is 0 Å². The monoisotopic (exact) mass is 548 g/mol. The summed E-state index contributed by atoms with van der Waals surface area (Å²) < 4.78 is 29.4. The zero-order valence-electron chi connectivity index (χ0n) is 24.2. The molecule has 0 amide bonds. The summed E-state index contributed by atoms with van der Waals surface area (Å²) in [6.07, 6.45) is 1.12. The van der Waals surface area contributed by atoms with Crippen molar-refractivity contribution in [3.8, 4) is 0 Å². The fourth-order valence-corrected chi connectivity index (χ4v) is 6.28. The van der Waals surface area contributed by atoms with Crippen molar-refractivity contribution in [2.75, 3.05) is 0 Å². The maximum absolute atomic E-state index is 13.3. The molecule has 1 saturated heterocycles. The normalized spacial score (nSPS) is 36.4. The zero-order chi connectivity index (χ0) is 29.4. The van der Waals surface area contributed by atoms with Crippen molar-refractivity contribution in [1.29, 1.82) is 0 Å². The summed E-state index contributed by atoms with van der Waals surface area (Å²) in [5.41, 5.74) is -1.92. The lowest BCUT2D eigenvalue weighted by molar-refractivity contribution is -0.187. The van der Waals surface area contributed by atoms with Crippen LogP contribution in [0.15, 0.2) is 23.3 Å². The molecule has 0 aromatic heterocycles. The highest BCUT2D eigenvalue weighted by atomic mass is 16.6. The van der Waals surface area contributed by atoms with Gasteiger partial charge in [0.25, 0.3) is 0 Å². The fourth-order valence-electron chi connectivity index (χ4n) is 6.28. The first kappa shape index (κ1) is 30.4. The molecular weight excluding hydrogens is 508 g/mol. The van der Waals surface area contributed by atoms with E-state index in [1.54, 1.807) is 39.8 Å². The van der Waals surface area contributed by atoms with E-state index in [4.69, 9.17) is 23.7 Å². The maximum atomic E-state index is 13.3. The van der Waals surface area contributed by atoms with E-state index in [0.717, 1.165) is 5.57 Å². The van der Waals surface area contributed by atoms with Crippen molar-refractivity contribution >= 4 is 29.8 Å². The fraction of sp³-hybridized carbons (Fsp3) is 0.690. The summed E-state index contributed by atoms with van der Waals surface area (Å²) in [6.45, 7) is 14.4. The first-order valence-electron chi connectivity index (χ1n) is 13.4. The first-order valence-corrected chi connectivity index (χ1v) is 13.4. The Morgan fingerprint density at radius 1 is 1.08 bits per heavy atom. The molecule has 0 radical (unpaired) electrons. The van der Waals surface area contributed by atoms with Crippen LogP contribution in [-0.2, 0) is 47.7 Å². The number of hydrogen-bond donors (Lipinski definition) is 0. The van der Waals surface area contributed by atoms with Crippen LogP contribution >= 0.6 is 0 Å². The van der Waals surface area contributed by atoms with E-state index in [-0.39, 0.29) is 6.42 Å². The molecule has 2 aliphatic carbocycles. The number of fused-ring (bicyclic) bond motifs is 3. The standard InChI is InChI=1S/C29H40O10/c1-10-14(3)25(32)35-19-12-16(5)21-22(19)28(8,38-17(6)30)13-20(36-26(33)15(4)11-2)23-24(21)37-27(34)29(23,9)39-18(7)31/h10,12,15,19-24H,11,13H2,1-9H3. The molecule has 10 heteroatoms. The highest BCUT2D eigenvalue weighted by Crippen LogP contribution is 2.56. The molecule has 39 heavy (non-hydrogen) atoms. The van der Waals surface area contributed by atoms with Crippen molar-refractivity contribution in [3.63, 3.8) is 0 Å². The van der Waals surface area contributed by atoms with Crippen molar-refractivity contribution in [2.24, 2.45) is 23.7 Å². The van der Waals surface area contributed by atoms with Gasteiger partial charge in [-0.15, -0.1) is 0 Å². The van der Waals surface area contributed by atoms with E-state index in [2.05, 4.69) is 0 Å². The highest BCUT2D eigenvalue weighted by molar-refractivity contribution is 5.88. The summed E-state index contributed by atoms with van der Waals surface area (Å²) in [7, 11) is 0. The van der Waals surface area contributed by atoms with E-state index in [9.17, 15) is 24.0 Å². The molecular formula is C29H40O10. The van der Waals surface area contributed by atoms with Crippen molar-refractivity contribution in [1.82, 2.24) is 0 Å². The predicted molar refractivity (Wildman–Crippen MR) is 138 cm³/mol. The molecule has 0 aromatic rings. The van der Waals surface area contributed by atoms with Crippen molar-refractivity contribution < 1.29 is 47.7 Å². The number of hydrogen-bond acceptors (Lipinski definition) is 10. The van der Waals surface area contributed by atoms with Crippen molar-refractivity contribution in [2.45, 2.75) is 105 Å². The Bertz CT molecular complexity index is 1110. The number of allylic oxidation sites excluding steroid dienone is 1. The number of carbonyl (C=O) groups is 5. The van der Waals surface area contributed by atoms with E-state index in [1.807, 2.05) is 13.8 Å². The van der Waals surface area contributed by atoms with Gasteiger partial charge in [0, 0.05) is 37.7 Å². The van der Waals surface area contributed by atoms with Gasteiger partial charge in [-0.2, -0.15) is 0 Å². The Morgan fingerprint density at radius 2 is 1.69 bits per heavy atom. The third-order valence-corrected chi connectivity index (χ3v) is 8.41. The summed E-state index contributed by atoms with van der Waals surface area (Å²) in [5, 5.41) is 0. The van der Waals surface area contributed by atoms with Crippen LogP contribution in [0.2, 0.25) is 0 Å². The summed E-state index contributed by atoms with van der Waals surface area (Å²) in [5.74, 6) is -5.69. The Labute approximate surface area is 229 Å². The average Bonchev–Trinajstić information content (AvgIpc) is 3.25. The molecule has 1 heterocycles. The number of carbonyl (C=O) groups excluding carboxylic acids is 5. The maximum Gasteiger partial charge on any atom is 0.351 e. The van der Waals surface area contributed by atoms with E-state index >= 15 is 0 Å². The van der Waals surface area contributed by atoms with Gasteiger partial charge < -0.3 is 23.7 Å². The van der Waals surface area contributed by atoms with Gasteiger partial charge in [-0.1, -0.05) is 25.5 Å². The van der Waals surface area contributed by atoms with Crippen LogP contribution in [0.4, 0.5) is 0 Å². The van der Waals surface area contributed by atoms with Gasteiger partial charge in [-0.3, -0.25) is 14.4 Å². The van der Waals surface area contributed by atoms with Crippen LogP contribution in [0.5, 0.6) is 0 Å². The zero-order valence-corrected chi connectivity index (χ0v) is 24.2. The van der Waals surface area contributed by atoms with Crippen LogP contribution in [0, 0.1) is 23.7 Å². The molecule has 0 spiro atoms. The lowest BCUT2D eigenvalue weighted by Crippen LogP contribution is -2.51. The highest BCUT2D eigenvalue weighted by Gasteiger charge is 2.69. The Balaban J connectivity index is 2.21. The van der Waals surface area contributed by atoms with Crippen LogP contribution in [-0.4, -0.2) is 59.4 Å². The number of esters is 5. The van der Waals surface area contributed by atoms with Gasteiger partial charge in [0.2, 0.25) is 5.60 Å². The minimum Gasteiger partial charge on any atom is -0.461 e. The van der Waals surface area contributed by atoms with Crippen molar-refractivity contribution in [3.05, 3.63) is 23.3 Å². The quantitative estimate of drug-likeness (QED) is 0.201. The topological polar surface area (TPSA) is 132 Å². The van der Waals surface area contributed by atoms with Crippen LogP contribution in [0.3, 0.4) is 0 Å². The SMILES string of the molecule is CC=C(C)C(=O)OC1C=C(C)C2C3OC(=O)C(C)(OC(C)=O)C3C(OC(=O)C(C)CC)CC(C)(OC(C)=O)C12. The third-order valence-electron chi connectivity index (χ3n) is 8.41. The van der Waals surface area contributed by atoms with E-state index in [0.29, 0.717) is 12.0 Å². The largest absolute Gasteiger partial charge is 0.461 e. The first-order chi connectivity index (χ1) is 18.1. The second-order valence-electron chi connectivity index (χ2n) is 11.3. The van der Waals surface area contributed by atoms with Gasteiger partial charge in [0.05, 0.1) is 11.8 Å². The van der Waals surface area contributed by atoms with Crippen LogP contribution < -0.4 is 0 Å². The van der Waals surface area contributed by atoms with Crippen LogP contribution in [0.1, 0.15) is 75.2 Å². The van der Waals surface area contributed by atoms with Gasteiger partial charge in [0.15, 0.2) is 0 Å². The van der Waals surface area contributed by atoms with Gasteiger partial charge in [-0.05, 0) is 47.1 Å². The molecule has 10 nitrogen and oxygen atoms in total. The average molecular weight is 549 g/mol. The summed E-state index contributed by atoms with van der Waals surface area (Å²) in [4.78, 5) is 63.8. The summed E-state index contributed by atoms with van der Waals surface area (Å²) in [6, 6.07) is 0. The van der Waals surface area contributed by atoms with E-state index in [1.165, 1.54) is 20.8 Å². The molecule has 3 rings (SSSR count). The molecule has 1 saturated carbocycles. The molecule has 3 aliphatic rings. The lowest BCUT2D eigenvalue weighted by atomic mass is 9.74. The second kappa shape index (κ2) is 11.1. The Kier molecular flexibility index (Phi) is 8.67. The molecule has 0 N–H and O–H groups in total. The lowest BCUT2D eigenvalue weighted by Gasteiger charge is -2.41. The predicted octanol–water partition coefficient (Wildman–Crippen LogP) is 3.60. The van der Waals surface area contributed by atoms with Gasteiger partial charge in [0.1, 0.15) is 23.9 Å². The molecule has 9 atom stereocenters. The third kappa shape index (κ3) is 5.61. The molecule has 0 bridgehead atoms. The number of ether oxygens (including phenoxy) is 5. The number of rotatable bonds is 7. The molecule has 1 aliphatic heterocycles. The van der Waals surface area contributed by atoms with E-state index < -0.39 is 83.0 Å². The Hall–Kier alpha value is -3.17. The summed E-state index contributed by atoms with van der Waals surface area (Å²) >= 11 is 0. The molecule has 216 valence electrons. The Morgan fingerprint density at radius 3 is 2.23 bits per heavy atom. The van der Waals surface area contributed by atoms with Gasteiger partial charge in [-0.25, -0.2) is 9.59 Å². The molecule has 0 aromatic carbocycles. The molecule has 2 fully saturated rings. The minimum atomic E-state index is -1.76. The second-order valence-corrected chi connectivity index (χ2v) is 11.3. The minimum absolute atomic E-state index is 0.0393. The molecule has 9 unspecified atom stereocenters.